The summed E-state index contributed by atoms with van der Waals surface area (Å²) >= 11 is 0. The number of para-hydroxylation sites is 1. The molecule has 1 aliphatic rings. The van der Waals surface area contributed by atoms with E-state index in [0.717, 1.165) is 15.7 Å². The standard InChI is InChI=1S/C30H25NO5/c1-29(2,3)36-28(34)31-25-16-10-9-15-24(25)30(27(31)33,35-26(32)21-12-5-4-6-13-21)23-18-17-20-11-7-8-14-22(20)19-23/h4-19H,1-3H3/t30-/m0/s1. The van der Waals surface area contributed by atoms with Crippen molar-refractivity contribution in [2.24, 2.45) is 0 Å². The molecule has 0 saturated carbocycles. The van der Waals surface area contributed by atoms with Gasteiger partial charge >= 0.3 is 12.1 Å². The Hall–Kier alpha value is -4.45. The number of carbonyl (C=O) groups is 3. The molecule has 1 aliphatic heterocycles. The van der Waals surface area contributed by atoms with Crippen molar-refractivity contribution in [1.29, 1.82) is 0 Å². The molecule has 4 aromatic rings. The van der Waals surface area contributed by atoms with Gasteiger partial charge in [-0.1, -0.05) is 72.8 Å². The molecule has 36 heavy (non-hydrogen) atoms. The van der Waals surface area contributed by atoms with Crippen LogP contribution in [0, 0.1) is 0 Å². The fourth-order valence-corrected chi connectivity index (χ4v) is 4.45. The van der Waals surface area contributed by atoms with E-state index < -0.39 is 29.2 Å². The van der Waals surface area contributed by atoms with E-state index in [9.17, 15) is 14.4 Å². The van der Waals surface area contributed by atoms with E-state index in [1.54, 1.807) is 81.4 Å². The van der Waals surface area contributed by atoms with Crippen molar-refractivity contribution in [3.05, 3.63) is 114 Å². The summed E-state index contributed by atoms with van der Waals surface area (Å²) in [6.07, 6.45) is -0.835. The Kier molecular flexibility index (Phi) is 5.59. The smallest absolute Gasteiger partial charge is 0.421 e. The zero-order valence-electron chi connectivity index (χ0n) is 20.2. The monoisotopic (exact) mass is 479 g/mol. The van der Waals surface area contributed by atoms with Crippen LogP contribution < -0.4 is 4.90 Å². The Morgan fingerprint density at radius 3 is 2.14 bits per heavy atom. The van der Waals surface area contributed by atoms with Crippen LogP contribution in [0.25, 0.3) is 10.8 Å². The van der Waals surface area contributed by atoms with Crippen molar-refractivity contribution < 1.29 is 23.9 Å². The minimum Gasteiger partial charge on any atom is -0.443 e. The summed E-state index contributed by atoms with van der Waals surface area (Å²) in [5.74, 6) is -1.39. The minimum absolute atomic E-state index is 0.290. The number of anilines is 1. The van der Waals surface area contributed by atoms with Gasteiger partial charge in [0.1, 0.15) is 5.60 Å². The van der Waals surface area contributed by atoms with Gasteiger partial charge in [-0.25, -0.2) is 14.5 Å². The number of amides is 2. The van der Waals surface area contributed by atoms with Crippen molar-refractivity contribution >= 4 is 34.4 Å². The summed E-state index contributed by atoms with van der Waals surface area (Å²) in [4.78, 5) is 41.9. The molecule has 0 fully saturated rings. The molecule has 1 atom stereocenters. The zero-order valence-corrected chi connectivity index (χ0v) is 20.2. The molecule has 180 valence electrons. The second kappa shape index (κ2) is 8.64. The number of carbonyl (C=O) groups excluding carboxylic acids is 3. The summed E-state index contributed by atoms with van der Waals surface area (Å²) < 4.78 is 11.7. The highest BCUT2D eigenvalue weighted by atomic mass is 16.6. The molecule has 6 nitrogen and oxygen atoms in total. The summed E-state index contributed by atoms with van der Waals surface area (Å²) in [5, 5.41) is 1.83. The number of ether oxygens (including phenoxy) is 2. The Morgan fingerprint density at radius 2 is 1.42 bits per heavy atom. The first kappa shape index (κ1) is 23.3. The first-order valence-electron chi connectivity index (χ1n) is 11.7. The fraction of sp³-hybridized carbons (Fsp3) is 0.167. The summed E-state index contributed by atoms with van der Waals surface area (Å²) in [6, 6.07) is 28.4. The Balaban J connectivity index is 1.73. The normalized spacial score (nSPS) is 17.1. The number of rotatable bonds is 3. The lowest BCUT2D eigenvalue weighted by Crippen LogP contribution is -2.48. The second-order valence-electron chi connectivity index (χ2n) is 9.64. The number of hydrogen-bond acceptors (Lipinski definition) is 5. The Bertz CT molecular complexity index is 1490. The molecule has 0 N–H and O–H groups in total. The van der Waals surface area contributed by atoms with Crippen LogP contribution in [0.3, 0.4) is 0 Å². The van der Waals surface area contributed by atoms with Gasteiger partial charge in [0.25, 0.3) is 5.91 Å². The topological polar surface area (TPSA) is 72.9 Å². The molecule has 0 bridgehead atoms. The van der Waals surface area contributed by atoms with Crippen molar-refractivity contribution in [2.75, 3.05) is 4.90 Å². The molecule has 0 aromatic heterocycles. The molecule has 0 unspecified atom stereocenters. The molecule has 5 rings (SSSR count). The third kappa shape index (κ3) is 3.90. The van der Waals surface area contributed by atoms with E-state index in [1.165, 1.54) is 0 Å². The highest BCUT2D eigenvalue weighted by Crippen LogP contribution is 2.48. The van der Waals surface area contributed by atoms with E-state index >= 15 is 0 Å². The van der Waals surface area contributed by atoms with Gasteiger partial charge < -0.3 is 9.47 Å². The van der Waals surface area contributed by atoms with Gasteiger partial charge in [-0.05, 0) is 55.8 Å². The highest BCUT2D eigenvalue weighted by molar-refractivity contribution is 6.22. The van der Waals surface area contributed by atoms with Crippen LogP contribution in [0.1, 0.15) is 42.3 Å². The molecule has 2 amide bonds. The Labute approximate surface area is 209 Å². The van der Waals surface area contributed by atoms with Crippen LogP contribution in [0.5, 0.6) is 0 Å². The quantitative estimate of drug-likeness (QED) is 0.326. The van der Waals surface area contributed by atoms with Gasteiger partial charge in [0.05, 0.1) is 11.3 Å². The second-order valence-corrected chi connectivity index (χ2v) is 9.64. The van der Waals surface area contributed by atoms with Crippen molar-refractivity contribution in [3.63, 3.8) is 0 Å². The maximum Gasteiger partial charge on any atom is 0.421 e. The first-order valence-corrected chi connectivity index (χ1v) is 11.7. The lowest BCUT2D eigenvalue weighted by atomic mass is 9.86. The fourth-order valence-electron chi connectivity index (χ4n) is 4.45. The minimum atomic E-state index is -1.88. The van der Waals surface area contributed by atoms with Crippen LogP contribution >= 0.6 is 0 Å². The third-order valence-corrected chi connectivity index (χ3v) is 6.02. The molecule has 6 heteroatoms. The summed E-state index contributed by atoms with van der Waals surface area (Å²) in [5.41, 5.74) is -1.29. The number of fused-ring (bicyclic) bond motifs is 2. The van der Waals surface area contributed by atoms with Crippen LogP contribution in [-0.4, -0.2) is 23.6 Å². The maximum atomic E-state index is 14.3. The predicted octanol–water partition coefficient (Wildman–Crippen LogP) is 6.22. The molecule has 0 aliphatic carbocycles. The third-order valence-electron chi connectivity index (χ3n) is 6.02. The van der Waals surface area contributed by atoms with Crippen LogP contribution in [0.4, 0.5) is 10.5 Å². The highest BCUT2D eigenvalue weighted by Gasteiger charge is 2.58. The molecule has 1 heterocycles. The van der Waals surface area contributed by atoms with Crippen molar-refractivity contribution in [1.82, 2.24) is 0 Å². The van der Waals surface area contributed by atoms with Crippen LogP contribution in [-0.2, 0) is 19.9 Å². The molecule has 4 aromatic carbocycles. The average Bonchev–Trinajstić information content (AvgIpc) is 3.11. The molecule has 0 spiro atoms. The number of nitrogens with zero attached hydrogens (tertiary/aromatic N) is 1. The van der Waals surface area contributed by atoms with Gasteiger partial charge in [0.15, 0.2) is 0 Å². The van der Waals surface area contributed by atoms with Crippen LogP contribution in [0.2, 0.25) is 0 Å². The lowest BCUT2D eigenvalue weighted by molar-refractivity contribution is -0.133. The summed E-state index contributed by atoms with van der Waals surface area (Å²) in [6.45, 7) is 5.18. The Morgan fingerprint density at radius 1 is 0.778 bits per heavy atom. The number of benzene rings is 4. The van der Waals surface area contributed by atoms with Gasteiger partial charge in [0, 0.05) is 11.1 Å². The van der Waals surface area contributed by atoms with E-state index in [-0.39, 0.29) is 0 Å². The predicted molar refractivity (Wildman–Crippen MR) is 137 cm³/mol. The number of imide groups is 1. The first-order chi connectivity index (χ1) is 17.2. The SMILES string of the molecule is CC(C)(C)OC(=O)N1C(=O)[C@](OC(=O)c2ccccc2)(c2ccc3ccccc3c2)c2ccccc21. The van der Waals surface area contributed by atoms with Crippen molar-refractivity contribution in [3.8, 4) is 0 Å². The van der Waals surface area contributed by atoms with E-state index in [1.807, 2.05) is 36.4 Å². The van der Waals surface area contributed by atoms with E-state index in [0.29, 0.717) is 22.4 Å². The maximum absolute atomic E-state index is 14.3. The van der Waals surface area contributed by atoms with Gasteiger partial charge in [0.2, 0.25) is 5.60 Å². The van der Waals surface area contributed by atoms with Gasteiger partial charge in [-0.3, -0.25) is 4.79 Å². The molecule has 0 saturated heterocycles. The number of esters is 1. The molecular weight excluding hydrogens is 454 g/mol. The largest absolute Gasteiger partial charge is 0.443 e. The van der Waals surface area contributed by atoms with E-state index in [4.69, 9.17) is 9.47 Å². The van der Waals surface area contributed by atoms with Gasteiger partial charge in [-0.15, -0.1) is 0 Å². The van der Waals surface area contributed by atoms with Crippen molar-refractivity contribution in [2.45, 2.75) is 32.0 Å². The lowest BCUT2D eigenvalue weighted by Gasteiger charge is -2.30. The van der Waals surface area contributed by atoms with E-state index in [2.05, 4.69) is 0 Å². The zero-order chi connectivity index (χ0) is 25.5. The summed E-state index contributed by atoms with van der Waals surface area (Å²) in [7, 11) is 0. The van der Waals surface area contributed by atoms with Gasteiger partial charge in [-0.2, -0.15) is 0 Å². The van der Waals surface area contributed by atoms with Crippen LogP contribution in [0.15, 0.2) is 97.1 Å². The molecular formula is C30H25NO5. The average molecular weight is 480 g/mol. The number of hydrogen-bond donors (Lipinski definition) is 0. The molecule has 0 radical (unpaired) electrons.